The van der Waals surface area contributed by atoms with Gasteiger partial charge in [-0.1, -0.05) is 52.3 Å². The molecule has 24 heavy (non-hydrogen) atoms. The van der Waals surface area contributed by atoms with Gasteiger partial charge in [-0.3, -0.25) is 0 Å². The number of piperazine rings is 1. The normalized spacial score (nSPS) is 17.0. The van der Waals surface area contributed by atoms with Crippen molar-refractivity contribution in [1.82, 2.24) is 4.31 Å². The molecule has 1 saturated heterocycles. The van der Waals surface area contributed by atoms with Crippen molar-refractivity contribution in [3.63, 3.8) is 0 Å². The number of rotatable bonds is 5. The van der Waals surface area contributed by atoms with Crippen LogP contribution in [0.4, 0.5) is 0 Å². The molecule has 0 radical (unpaired) electrons. The van der Waals surface area contributed by atoms with Gasteiger partial charge in [0.15, 0.2) is 0 Å². The first-order valence-corrected chi connectivity index (χ1v) is 10.4. The Morgan fingerprint density at radius 3 is 2.38 bits per heavy atom. The maximum absolute atomic E-state index is 12.7. The Kier molecular flexibility index (Phi) is 5.71. The fourth-order valence-electron chi connectivity index (χ4n) is 3.04. The fraction of sp³-hybridized carbons (Fsp3) is 0.333. The van der Waals surface area contributed by atoms with E-state index in [9.17, 15) is 8.42 Å². The molecular weight excluding hydrogens is 388 g/mol. The van der Waals surface area contributed by atoms with Crippen LogP contribution in [0, 0.1) is 0 Å². The standard InChI is InChI=1S/C18H21BrN2O2S/c19-17-7-4-8-18(15-17)24(22,23)21-13-11-20(12-14-21)10-9-16-5-2-1-3-6-16/h1-8,15H,9-14H2/p+1. The molecule has 2 aromatic carbocycles. The first-order valence-electron chi connectivity index (χ1n) is 8.19. The van der Waals surface area contributed by atoms with E-state index in [0.717, 1.165) is 30.5 Å². The summed E-state index contributed by atoms with van der Waals surface area (Å²) in [6.07, 6.45) is 1.04. The van der Waals surface area contributed by atoms with Crippen LogP contribution in [-0.4, -0.2) is 45.4 Å². The van der Waals surface area contributed by atoms with Gasteiger partial charge in [0.25, 0.3) is 0 Å². The van der Waals surface area contributed by atoms with Crippen molar-refractivity contribution in [2.45, 2.75) is 11.3 Å². The molecule has 2 aromatic rings. The van der Waals surface area contributed by atoms with E-state index in [0.29, 0.717) is 18.0 Å². The van der Waals surface area contributed by atoms with E-state index in [1.807, 2.05) is 12.1 Å². The van der Waals surface area contributed by atoms with E-state index >= 15 is 0 Å². The number of nitrogens with zero attached hydrogens (tertiary/aromatic N) is 1. The SMILES string of the molecule is O=S(=O)(c1cccc(Br)c1)N1CC[NH+](CCc2ccccc2)CC1. The molecule has 3 rings (SSSR count). The summed E-state index contributed by atoms with van der Waals surface area (Å²) in [6, 6.07) is 17.4. The van der Waals surface area contributed by atoms with Crippen LogP contribution in [0.15, 0.2) is 64.0 Å². The molecule has 0 bridgehead atoms. The summed E-state index contributed by atoms with van der Waals surface area (Å²) in [5, 5.41) is 0. The van der Waals surface area contributed by atoms with Crippen molar-refractivity contribution in [3.8, 4) is 0 Å². The molecular formula is C18H22BrN2O2S+. The second kappa shape index (κ2) is 7.78. The van der Waals surface area contributed by atoms with Crippen molar-refractivity contribution < 1.29 is 13.3 Å². The van der Waals surface area contributed by atoms with Crippen molar-refractivity contribution >= 4 is 26.0 Å². The Morgan fingerprint density at radius 1 is 1.00 bits per heavy atom. The lowest BCUT2D eigenvalue weighted by atomic mass is 10.1. The number of sulfonamides is 1. The van der Waals surface area contributed by atoms with E-state index < -0.39 is 10.0 Å². The molecule has 1 heterocycles. The number of quaternary nitrogens is 1. The zero-order valence-electron chi connectivity index (χ0n) is 13.5. The third-order valence-electron chi connectivity index (χ3n) is 4.47. The van der Waals surface area contributed by atoms with Gasteiger partial charge in [-0.2, -0.15) is 4.31 Å². The average molecular weight is 410 g/mol. The third-order valence-corrected chi connectivity index (χ3v) is 6.86. The average Bonchev–Trinajstić information content (AvgIpc) is 2.61. The van der Waals surface area contributed by atoms with E-state index in [2.05, 4.69) is 40.2 Å². The summed E-state index contributed by atoms with van der Waals surface area (Å²) in [5.74, 6) is 0. The van der Waals surface area contributed by atoms with Gasteiger partial charge in [-0.15, -0.1) is 0 Å². The number of benzene rings is 2. The van der Waals surface area contributed by atoms with Crippen molar-refractivity contribution in [2.24, 2.45) is 0 Å². The molecule has 1 N–H and O–H groups in total. The lowest BCUT2D eigenvalue weighted by Gasteiger charge is -2.31. The molecule has 4 nitrogen and oxygen atoms in total. The van der Waals surface area contributed by atoms with Crippen molar-refractivity contribution in [2.75, 3.05) is 32.7 Å². The smallest absolute Gasteiger partial charge is 0.243 e. The van der Waals surface area contributed by atoms with Gasteiger partial charge < -0.3 is 4.90 Å². The van der Waals surface area contributed by atoms with E-state index in [4.69, 9.17) is 0 Å². The van der Waals surface area contributed by atoms with Gasteiger partial charge in [0.05, 0.1) is 37.6 Å². The Morgan fingerprint density at radius 2 is 1.71 bits per heavy atom. The maximum atomic E-state index is 12.7. The first kappa shape index (κ1) is 17.6. The summed E-state index contributed by atoms with van der Waals surface area (Å²) in [4.78, 5) is 1.84. The van der Waals surface area contributed by atoms with Gasteiger partial charge in [-0.05, 0) is 23.8 Å². The van der Waals surface area contributed by atoms with Crippen LogP contribution < -0.4 is 4.90 Å². The first-order chi connectivity index (χ1) is 11.6. The predicted molar refractivity (Wildman–Crippen MR) is 98.6 cm³/mol. The van der Waals surface area contributed by atoms with Crippen LogP contribution in [-0.2, 0) is 16.4 Å². The molecule has 0 unspecified atom stereocenters. The molecule has 0 atom stereocenters. The highest BCUT2D eigenvalue weighted by Gasteiger charge is 2.30. The monoisotopic (exact) mass is 409 g/mol. The summed E-state index contributed by atoms with van der Waals surface area (Å²) in [6.45, 7) is 3.94. The number of hydrogen-bond donors (Lipinski definition) is 1. The molecule has 0 aromatic heterocycles. The Hall–Kier alpha value is -1.21. The topological polar surface area (TPSA) is 41.8 Å². The van der Waals surface area contributed by atoms with Crippen molar-refractivity contribution in [3.05, 3.63) is 64.6 Å². The lowest BCUT2D eigenvalue weighted by molar-refractivity contribution is -0.903. The molecule has 1 aliphatic rings. The Balaban J connectivity index is 1.56. The van der Waals surface area contributed by atoms with E-state index in [1.54, 1.807) is 22.5 Å². The van der Waals surface area contributed by atoms with Crippen LogP contribution in [0.3, 0.4) is 0 Å². The number of halogens is 1. The predicted octanol–water partition coefficient (Wildman–Crippen LogP) is 1.58. The number of hydrogen-bond acceptors (Lipinski definition) is 2. The van der Waals surface area contributed by atoms with Crippen LogP contribution in [0.1, 0.15) is 5.56 Å². The second-order valence-corrected chi connectivity index (χ2v) is 8.95. The zero-order valence-corrected chi connectivity index (χ0v) is 15.9. The van der Waals surface area contributed by atoms with Gasteiger partial charge in [0.2, 0.25) is 10.0 Å². The molecule has 6 heteroatoms. The van der Waals surface area contributed by atoms with Gasteiger partial charge in [0.1, 0.15) is 0 Å². The molecule has 128 valence electrons. The van der Waals surface area contributed by atoms with Gasteiger partial charge in [0, 0.05) is 10.9 Å². The van der Waals surface area contributed by atoms with Gasteiger partial charge >= 0.3 is 0 Å². The third kappa shape index (κ3) is 4.25. The molecule has 0 amide bonds. The van der Waals surface area contributed by atoms with E-state index in [1.165, 1.54) is 10.5 Å². The molecule has 0 saturated carbocycles. The minimum Gasteiger partial charge on any atom is -0.332 e. The van der Waals surface area contributed by atoms with Gasteiger partial charge in [-0.25, -0.2) is 8.42 Å². The molecule has 1 aliphatic heterocycles. The quantitative estimate of drug-likeness (QED) is 0.814. The minimum atomic E-state index is -3.39. The minimum absolute atomic E-state index is 0.365. The highest BCUT2D eigenvalue weighted by molar-refractivity contribution is 9.10. The fourth-order valence-corrected chi connectivity index (χ4v) is 5.07. The zero-order chi connectivity index (χ0) is 17.0. The highest BCUT2D eigenvalue weighted by Crippen LogP contribution is 2.19. The second-order valence-electron chi connectivity index (χ2n) is 6.10. The van der Waals surface area contributed by atoms with Crippen LogP contribution in [0.2, 0.25) is 0 Å². The molecule has 0 spiro atoms. The maximum Gasteiger partial charge on any atom is 0.243 e. The summed E-state index contributed by atoms with van der Waals surface area (Å²) in [5.41, 5.74) is 1.34. The molecule has 1 fully saturated rings. The van der Waals surface area contributed by atoms with Crippen molar-refractivity contribution in [1.29, 1.82) is 0 Å². The summed E-state index contributed by atoms with van der Waals surface area (Å²) >= 11 is 3.34. The Bertz CT molecular complexity index is 773. The van der Waals surface area contributed by atoms with Crippen LogP contribution in [0.25, 0.3) is 0 Å². The number of nitrogens with one attached hydrogen (secondary N) is 1. The van der Waals surface area contributed by atoms with Crippen LogP contribution >= 0.6 is 15.9 Å². The lowest BCUT2D eigenvalue weighted by Crippen LogP contribution is -3.15. The van der Waals surface area contributed by atoms with E-state index in [-0.39, 0.29) is 0 Å². The highest BCUT2D eigenvalue weighted by atomic mass is 79.9. The van der Waals surface area contributed by atoms with Crippen LogP contribution in [0.5, 0.6) is 0 Å². The largest absolute Gasteiger partial charge is 0.332 e. The Labute approximate surface area is 152 Å². The molecule has 0 aliphatic carbocycles. The summed E-state index contributed by atoms with van der Waals surface area (Å²) in [7, 11) is -3.39. The summed E-state index contributed by atoms with van der Waals surface area (Å²) < 4.78 is 27.8.